The molecule has 0 radical (unpaired) electrons. The number of hydrogen-bond donors (Lipinski definition) is 4. The van der Waals surface area contributed by atoms with E-state index in [9.17, 15) is 29.7 Å². The molecule has 0 saturated carbocycles. The molecule has 0 aromatic heterocycles. The number of Topliss-reactive ketones (excluding diaryl/α,β-unsaturated/α-hetero) is 1. The molecule has 46 heavy (non-hydrogen) atoms. The Balaban J connectivity index is 2.82. The largest absolute Gasteiger partial charge is 0.454 e. The van der Waals surface area contributed by atoms with Crippen molar-refractivity contribution in [1.82, 2.24) is 5.32 Å². The van der Waals surface area contributed by atoms with E-state index in [1.807, 2.05) is 82.4 Å². The molecule has 0 spiro atoms. The van der Waals surface area contributed by atoms with Gasteiger partial charge in [0.2, 0.25) is 5.91 Å². The summed E-state index contributed by atoms with van der Waals surface area (Å²) >= 11 is 0. The van der Waals surface area contributed by atoms with Gasteiger partial charge in [-0.25, -0.2) is 0 Å². The Hall–Kier alpha value is -3.85. The zero-order valence-electron chi connectivity index (χ0n) is 28.7. The van der Waals surface area contributed by atoms with Crippen LogP contribution in [0.4, 0.5) is 0 Å². The Morgan fingerprint density at radius 1 is 0.826 bits per heavy atom. The highest BCUT2D eigenvalue weighted by molar-refractivity contribution is 6.01. The number of rotatable bonds is 16. The van der Waals surface area contributed by atoms with Crippen molar-refractivity contribution in [1.29, 1.82) is 0 Å². The molecule has 4 N–H and O–H groups in total. The molecule has 0 fully saturated rings. The molecule has 0 heterocycles. The van der Waals surface area contributed by atoms with Crippen molar-refractivity contribution >= 4 is 17.7 Å². The van der Waals surface area contributed by atoms with Gasteiger partial charge in [0.25, 0.3) is 0 Å². The molecule has 0 saturated heterocycles. The van der Waals surface area contributed by atoms with Gasteiger partial charge in [-0.1, -0.05) is 109 Å². The highest BCUT2D eigenvalue weighted by atomic mass is 16.5. The van der Waals surface area contributed by atoms with Crippen LogP contribution in [0, 0.1) is 5.41 Å². The molecule has 1 atom stereocenters. The number of aliphatic hydroxyl groups excluding tert-OH is 3. The zero-order chi connectivity index (χ0) is 34.9. The normalized spacial score (nSPS) is 18.4. The van der Waals surface area contributed by atoms with Crippen LogP contribution in [0.5, 0.6) is 0 Å². The monoisotopic (exact) mass is 635 g/mol. The maximum atomic E-state index is 13.1. The van der Waals surface area contributed by atoms with Crippen LogP contribution < -0.4 is 5.32 Å². The molecule has 252 valence electrons. The number of allylic oxidation sites excluding steroid dienone is 17. The molecule has 0 aromatic carbocycles. The van der Waals surface area contributed by atoms with Crippen molar-refractivity contribution in [3.05, 3.63) is 106 Å². The Morgan fingerprint density at radius 3 is 1.85 bits per heavy atom. The highest BCUT2D eigenvalue weighted by Crippen LogP contribution is 2.40. The Bertz CT molecular complexity index is 1350. The fourth-order valence-corrected chi connectivity index (χ4v) is 4.59. The van der Waals surface area contributed by atoms with Crippen LogP contribution in [0.1, 0.15) is 74.7 Å². The number of carbonyl (C=O) groups is 3. The zero-order valence-corrected chi connectivity index (χ0v) is 28.7. The summed E-state index contributed by atoms with van der Waals surface area (Å²) in [7, 11) is 0. The number of ketones is 1. The predicted molar refractivity (Wildman–Crippen MR) is 185 cm³/mol. The Morgan fingerprint density at radius 2 is 1.33 bits per heavy atom. The molecule has 1 aliphatic rings. The molecule has 0 aromatic rings. The van der Waals surface area contributed by atoms with Crippen LogP contribution in [0.15, 0.2) is 106 Å². The van der Waals surface area contributed by atoms with Crippen molar-refractivity contribution in [3.63, 3.8) is 0 Å². The van der Waals surface area contributed by atoms with Crippen LogP contribution in [-0.2, 0) is 19.1 Å². The third-order valence-corrected chi connectivity index (χ3v) is 7.48. The summed E-state index contributed by atoms with van der Waals surface area (Å²) in [5.74, 6) is -1.62. The predicted octanol–water partition coefficient (Wildman–Crippen LogP) is 5.86. The van der Waals surface area contributed by atoms with Crippen LogP contribution >= 0.6 is 0 Å². The molecular formula is C38H53NO7. The van der Waals surface area contributed by atoms with Crippen molar-refractivity contribution in [2.75, 3.05) is 19.8 Å². The first-order valence-corrected chi connectivity index (χ1v) is 15.5. The van der Waals surface area contributed by atoms with Crippen molar-refractivity contribution < 1.29 is 34.4 Å². The van der Waals surface area contributed by atoms with Crippen molar-refractivity contribution in [3.8, 4) is 0 Å². The summed E-state index contributed by atoms with van der Waals surface area (Å²) in [5.41, 5.74) is 3.89. The van der Waals surface area contributed by atoms with E-state index in [0.717, 1.165) is 16.7 Å². The first-order valence-electron chi connectivity index (χ1n) is 15.5. The van der Waals surface area contributed by atoms with E-state index in [4.69, 9.17) is 4.74 Å². The van der Waals surface area contributed by atoms with Gasteiger partial charge in [-0.15, -0.1) is 0 Å². The summed E-state index contributed by atoms with van der Waals surface area (Å²) < 4.78 is 5.47. The summed E-state index contributed by atoms with van der Waals surface area (Å²) in [6.07, 6.45) is 23.0. The quantitative estimate of drug-likeness (QED) is 0.123. The van der Waals surface area contributed by atoms with Crippen LogP contribution in [0.3, 0.4) is 0 Å². The lowest BCUT2D eigenvalue weighted by Gasteiger charge is -2.36. The molecule has 0 bridgehead atoms. The average molecular weight is 636 g/mol. The fraction of sp³-hybridized carbons (Fsp3) is 0.447. The second kappa shape index (κ2) is 19.6. The smallest absolute Gasteiger partial charge is 0.307 e. The van der Waals surface area contributed by atoms with E-state index in [1.165, 1.54) is 11.1 Å². The van der Waals surface area contributed by atoms with Crippen molar-refractivity contribution in [2.24, 2.45) is 5.41 Å². The Labute approximate surface area is 275 Å². The number of esters is 1. The fourth-order valence-electron chi connectivity index (χ4n) is 4.59. The van der Waals surface area contributed by atoms with Gasteiger partial charge in [-0.3, -0.25) is 14.4 Å². The van der Waals surface area contributed by atoms with E-state index in [0.29, 0.717) is 12.0 Å². The lowest BCUT2D eigenvalue weighted by Crippen LogP contribution is -2.57. The van der Waals surface area contributed by atoms with E-state index in [1.54, 1.807) is 6.92 Å². The number of aliphatic hydroxyl groups is 3. The number of amides is 1. The lowest BCUT2D eigenvalue weighted by molar-refractivity contribution is -0.156. The maximum absolute atomic E-state index is 13.1. The van der Waals surface area contributed by atoms with E-state index >= 15 is 0 Å². The summed E-state index contributed by atoms with van der Waals surface area (Å²) in [5, 5.41) is 30.4. The standard InChI is InChI=1S/C38H53NO7/c1-27(2)13-11-16-28(3)14-9-10-15-29(4)17-12-18-30(5)19-20-32-31(6)36(45)33(23-37(32,7)8)46-35(44)22-21-34(43)39-38(24-40,25-41)26-42/h9-20,33,40-42H,21-26H2,1-8H3,(H,39,43). The minimum atomic E-state index is -1.58. The average Bonchev–Trinajstić information content (AvgIpc) is 2.99. The van der Waals surface area contributed by atoms with E-state index < -0.39 is 48.8 Å². The second-order valence-corrected chi connectivity index (χ2v) is 12.7. The lowest BCUT2D eigenvalue weighted by atomic mass is 9.71. The van der Waals surface area contributed by atoms with Gasteiger partial charge in [-0.05, 0) is 58.1 Å². The topological polar surface area (TPSA) is 133 Å². The van der Waals surface area contributed by atoms with E-state index in [-0.39, 0.29) is 18.6 Å². The third-order valence-electron chi connectivity index (χ3n) is 7.48. The SMILES string of the molecule is CC(C)=CC=CC(C)=CC=CC=C(C)C=CC=C(C)C=CC1=C(C)C(=O)C(OC(=O)CCC(=O)NC(CO)(CO)CO)CC1(C)C. The van der Waals surface area contributed by atoms with Crippen LogP contribution in [-0.4, -0.2) is 64.4 Å². The molecule has 1 amide bonds. The number of nitrogens with one attached hydrogen (secondary N) is 1. The molecular weight excluding hydrogens is 582 g/mol. The third kappa shape index (κ3) is 14.1. The highest BCUT2D eigenvalue weighted by Gasteiger charge is 2.40. The summed E-state index contributed by atoms with van der Waals surface area (Å²) in [4.78, 5) is 37.8. The molecule has 8 nitrogen and oxygen atoms in total. The summed E-state index contributed by atoms with van der Waals surface area (Å²) in [6, 6.07) is 0. The first kappa shape index (κ1) is 40.2. The van der Waals surface area contributed by atoms with Gasteiger partial charge >= 0.3 is 5.97 Å². The van der Waals surface area contributed by atoms with Gasteiger partial charge in [0, 0.05) is 12.8 Å². The number of hydrogen-bond acceptors (Lipinski definition) is 7. The van der Waals surface area contributed by atoms with Gasteiger partial charge in [0.15, 0.2) is 11.9 Å². The Kier molecular flexibility index (Phi) is 17.1. The van der Waals surface area contributed by atoms with Crippen LogP contribution in [0.25, 0.3) is 0 Å². The van der Waals surface area contributed by atoms with Gasteiger partial charge in [0.05, 0.1) is 26.2 Å². The number of ether oxygens (including phenoxy) is 1. The summed E-state index contributed by atoms with van der Waals surface area (Å²) in [6.45, 7) is 13.9. The molecule has 1 unspecified atom stereocenters. The molecule has 0 aliphatic heterocycles. The molecule has 1 rings (SSSR count). The van der Waals surface area contributed by atoms with Crippen molar-refractivity contribution in [2.45, 2.75) is 86.3 Å². The van der Waals surface area contributed by atoms with Crippen LogP contribution in [0.2, 0.25) is 0 Å². The minimum absolute atomic E-state index is 0.277. The second-order valence-electron chi connectivity index (χ2n) is 12.7. The minimum Gasteiger partial charge on any atom is -0.454 e. The first-order chi connectivity index (χ1) is 21.6. The molecule has 8 heteroatoms. The van der Waals surface area contributed by atoms with Gasteiger partial charge in [-0.2, -0.15) is 0 Å². The molecule has 1 aliphatic carbocycles. The van der Waals surface area contributed by atoms with E-state index in [2.05, 4.69) is 44.3 Å². The maximum Gasteiger partial charge on any atom is 0.307 e. The van der Waals surface area contributed by atoms with Gasteiger partial charge < -0.3 is 25.4 Å². The number of carbonyl (C=O) groups excluding carboxylic acids is 3. The van der Waals surface area contributed by atoms with Gasteiger partial charge in [0.1, 0.15) is 5.54 Å².